The first-order valence-corrected chi connectivity index (χ1v) is 9.95. The number of para-hydroxylation sites is 1. The van der Waals surface area contributed by atoms with Gasteiger partial charge < -0.3 is 14.2 Å². The molecule has 4 rings (SSSR count). The number of hydrogen-bond acceptors (Lipinski definition) is 5. The van der Waals surface area contributed by atoms with Gasteiger partial charge in [-0.15, -0.1) is 0 Å². The molecule has 7 nitrogen and oxygen atoms in total. The minimum absolute atomic E-state index is 0.239. The molecule has 7 heteroatoms. The molecule has 0 N–H and O–H groups in total. The van der Waals surface area contributed by atoms with Crippen LogP contribution in [0.15, 0.2) is 65.2 Å². The zero-order chi connectivity index (χ0) is 22.0. The van der Waals surface area contributed by atoms with E-state index in [2.05, 4.69) is 10.3 Å². The summed E-state index contributed by atoms with van der Waals surface area (Å²) in [6.07, 6.45) is 0. The Morgan fingerprint density at radius 2 is 1.81 bits per heavy atom. The molecule has 0 unspecified atom stereocenters. The molecule has 158 valence electrons. The van der Waals surface area contributed by atoms with Gasteiger partial charge in [-0.05, 0) is 50.2 Å². The summed E-state index contributed by atoms with van der Waals surface area (Å²) in [6, 6.07) is 18.6. The maximum Gasteiger partial charge on any atom is 0.280 e. The second-order valence-electron chi connectivity index (χ2n) is 7.30. The number of ether oxygens (including phenoxy) is 1. The highest BCUT2D eigenvalue weighted by molar-refractivity contribution is 6.05. The molecule has 31 heavy (non-hydrogen) atoms. The molecule has 0 spiro atoms. The van der Waals surface area contributed by atoms with Crippen molar-refractivity contribution in [2.75, 3.05) is 12.0 Å². The van der Waals surface area contributed by atoms with Gasteiger partial charge in [-0.25, -0.2) is 0 Å². The predicted octanol–water partition coefficient (Wildman–Crippen LogP) is 4.55. The average molecular weight is 416 g/mol. The summed E-state index contributed by atoms with van der Waals surface area (Å²) in [6.45, 7) is 4.34. The van der Waals surface area contributed by atoms with Crippen LogP contribution in [0.4, 0.5) is 5.69 Å². The molecule has 0 atom stereocenters. The number of carbonyl (C=O) groups excluding carboxylic acids is 1. The lowest BCUT2D eigenvalue weighted by Crippen LogP contribution is -2.31. The zero-order valence-electron chi connectivity index (χ0n) is 18.0. The second kappa shape index (κ2) is 8.47. The average Bonchev–Trinajstić information content (AvgIpc) is 3.38. The van der Waals surface area contributed by atoms with Crippen molar-refractivity contribution in [1.82, 2.24) is 14.9 Å². The van der Waals surface area contributed by atoms with Crippen molar-refractivity contribution in [1.29, 1.82) is 0 Å². The summed E-state index contributed by atoms with van der Waals surface area (Å²) in [5, 5.41) is 8.54. The van der Waals surface area contributed by atoms with E-state index in [1.165, 1.54) is 0 Å². The number of carbonyl (C=O) groups is 1. The topological polar surface area (TPSA) is 73.4 Å². The van der Waals surface area contributed by atoms with E-state index in [0.29, 0.717) is 12.3 Å². The first kappa shape index (κ1) is 20.4. The molecule has 2 aromatic carbocycles. The molecule has 0 fully saturated rings. The fraction of sp³-hybridized carbons (Fsp3) is 0.208. The van der Waals surface area contributed by atoms with Gasteiger partial charge in [-0.2, -0.15) is 5.10 Å². The molecule has 0 saturated heterocycles. The Morgan fingerprint density at radius 3 is 2.42 bits per heavy atom. The molecule has 2 aromatic heterocycles. The number of nitrogens with zero attached hydrogens (tertiary/aromatic N) is 4. The fourth-order valence-corrected chi connectivity index (χ4v) is 3.50. The molecule has 2 heterocycles. The molecule has 0 bridgehead atoms. The number of amides is 1. The lowest BCUT2D eigenvalue weighted by Gasteiger charge is -2.22. The van der Waals surface area contributed by atoms with Gasteiger partial charge >= 0.3 is 0 Å². The third-order valence-corrected chi connectivity index (χ3v) is 5.39. The quantitative estimate of drug-likeness (QED) is 0.461. The summed E-state index contributed by atoms with van der Waals surface area (Å²) in [7, 11) is 3.52. The number of aryl methyl sites for hydroxylation is 2. The van der Waals surface area contributed by atoms with E-state index < -0.39 is 0 Å². The lowest BCUT2D eigenvalue weighted by molar-refractivity contribution is 0.0976. The molecule has 0 aliphatic carbocycles. The van der Waals surface area contributed by atoms with Crippen LogP contribution in [0, 0.1) is 13.8 Å². The van der Waals surface area contributed by atoms with E-state index in [0.717, 1.165) is 34.0 Å². The standard InChI is InChI=1S/C24H24N4O3/c1-16-21(17(2)27(3)25-16)15-28(19-8-6-5-7-9-19)24(29)22-14-23(31-26-22)18-10-12-20(30-4)13-11-18/h5-14H,15H2,1-4H3. The highest BCUT2D eigenvalue weighted by atomic mass is 16.5. The smallest absolute Gasteiger partial charge is 0.280 e. The van der Waals surface area contributed by atoms with Crippen molar-refractivity contribution < 1.29 is 14.1 Å². The van der Waals surface area contributed by atoms with Gasteiger partial charge in [0, 0.05) is 35.6 Å². The van der Waals surface area contributed by atoms with E-state index in [-0.39, 0.29) is 11.6 Å². The van der Waals surface area contributed by atoms with Gasteiger partial charge in [0.15, 0.2) is 11.5 Å². The van der Waals surface area contributed by atoms with Crippen molar-refractivity contribution in [2.24, 2.45) is 7.05 Å². The first-order valence-electron chi connectivity index (χ1n) is 9.95. The molecule has 1 amide bonds. The van der Waals surface area contributed by atoms with Gasteiger partial charge in [-0.3, -0.25) is 9.48 Å². The molecule has 0 radical (unpaired) electrons. The Bertz CT molecular complexity index is 1190. The maximum absolute atomic E-state index is 13.5. The van der Waals surface area contributed by atoms with Gasteiger partial charge in [0.1, 0.15) is 5.75 Å². The van der Waals surface area contributed by atoms with Gasteiger partial charge in [-0.1, -0.05) is 23.4 Å². The van der Waals surface area contributed by atoms with Crippen molar-refractivity contribution in [3.05, 3.63) is 83.3 Å². The molecule has 0 saturated carbocycles. The summed E-state index contributed by atoms with van der Waals surface area (Å²) in [5.74, 6) is 1.03. The zero-order valence-corrected chi connectivity index (χ0v) is 18.0. The summed E-state index contributed by atoms with van der Waals surface area (Å²) >= 11 is 0. The Balaban J connectivity index is 1.67. The van der Waals surface area contributed by atoms with Gasteiger partial charge in [0.25, 0.3) is 5.91 Å². The summed E-state index contributed by atoms with van der Waals surface area (Å²) in [5.41, 5.74) is 4.77. The summed E-state index contributed by atoms with van der Waals surface area (Å²) < 4.78 is 12.5. The largest absolute Gasteiger partial charge is 0.497 e. The molecular weight excluding hydrogens is 392 g/mol. The second-order valence-corrected chi connectivity index (χ2v) is 7.30. The Morgan fingerprint density at radius 1 is 1.10 bits per heavy atom. The molecule has 0 aliphatic heterocycles. The molecule has 4 aromatic rings. The normalized spacial score (nSPS) is 10.8. The minimum atomic E-state index is -0.239. The van der Waals surface area contributed by atoms with E-state index in [4.69, 9.17) is 9.26 Å². The summed E-state index contributed by atoms with van der Waals surface area (Å²) in [4.78, 5) is 15.2. The minimum Gasteiger partial charge on any atom is -0.497 e. The van der Waals surface area contributed by atoms with Crippen LogP contribution < -0.4 is 9.64 Å². The van der Waals surface area contributed by atoms with Crippen LogP contribution in [0.3, 0.4) is 0 Å². The number of methoxy groups -OCH3 is 1. The number of rotatable bonds is 6. The van der Waals surface area contributed by atoms with Crippen LogP contribution >= 0.6 is 0 Å². The third kappa shape index (κ3) is 4.07. The third-order valence-electron chi connectivity index (χ3n) is 5.39. The van der Waals surface area contributed by atoms with Crippen LogP contribution in [0.1, 0.15) is 27.4 Å². The van der Waals surface area contributed by atoms with E-state index in [9.17, 15) is 4.79 Å². The maximum atomic E-state index is 13.5. The van der Waals surface area contributed by atoms with Crippen LogP contribution in [0.2, 0.25) is 0 Å². The van der Waals surface area contributed by atoms with Crippen molar-refractivity contribution in [3.8, 4) is 17.1 Å². The van der Waals surface area contributed by atoms with E-state index in [1.54, 1.807) is 18.1 Å². The Kier molecular flexibility index (Phi) is 5.58. The number of hydrogen-bond donors (Lipinski definition) is 0. The monoisotopic (exact) mass is 416 g/mol. The number of benzene rings is 2. The highest BCUT2D eigenvalue weighted by Crippen LogP contribution is 2.26. The first-order chi connectivity index (χ1) is 15.0. The van der Waals surface area contributed by atoms with Crippen LogP contribution in [0.5, 0.6) is 5.75 Å². The lowest BCUT2D eigenvalue weighted by atomic mass is 10.1. The van der Waals surface area contributed by atoms with Crippen molar-refractivity contribution in [3.63, 3.8) is 0 Å². The number of anilines is 1. The fourth-order valence-electron chi connectivity index (χ4n) is 3.50. The Hall–Kier alpha value is -3.87. The highest BCUT2D eigenvalue weighted by Gasteiger charge is 2.24. The van der Waals surface area contributed by atoms with Crippen molar-refractivity contribution >= 4 is 11.6 Å². The Labute approximate surface area is 180 Å². The van der Waals surface area contributed by atoms with Crippen LogP contribution in [-0.4, -0.2) is 28.0 Å². The molecular formula is C24H24N4O3. The van der Waals surface area contributed by atoms with Gasteiger partial charge in [0.05, 0.1) is 19.3 Å². The molecule has 0 aliphatic rings. The van der Waals surface area contributed by atoms with Crippen molar-refractivity contribution in [2.45, 2.75) is 20.4 Å². The number of aromatic nitrogens is 3. The van der Waals surface area contributed by atoms with Crippen LogP contribution in [0.25, 0.3) is 11.3 Å². The van der Waals surface area contributed by atoms with E-state index in [1.807, 2.05) is 80.2 Å². The van der Waals surface area contributed by atoms with Crippen LogP contribution in [-0.2, 0) is 13.6 Å². The SMILES string of the molecule is COc1ccc(-c2cc(C(=O)N(Cc3c(C)nn(C)c3C)c3ccccc3)no2)cc1. The van der Waals surface area contributed by atoms with E-state index >= 15 is 0 Å². The predicted molar refractivity (Wildman–Crippen MR) is 118 cm³/mol. The van der Waals surface area contributed by atoms with Gasteiger partial charge in [0.2, 0.25) is 0 Å².